The van der Waals surface area contributed by atoms with Gasteiger partial charge in [-0.3, -0.25) is 0 Å². The van der Waals surface area contributed by atoms with E-state index in [-0.39, 0.29) is 11.5 Å². The van der Waals surface area contributed by atoms with Gasteiger partial charge in [-0.25, -0.2) is 9.59 Å². The Morgan fingerprint density at radius 3 is 0.842 bits per heavy atom. The molecule has 0 saturated carbocycles. The van der Waals surface area contributed by atoms with Gasteiger partial charge in [0.2, 0.25) is 0 Å². The van der Waals surface area contributed by atoms with Crippen LogP contribution >= 0.6 is 0 Å². The van der Waals surface area contributed by atoms with Crippen LogP contribution in [-0.4, -0.2) is 39.5 Å². The van der Waals surface area contributed by atoms with Crippen LogP contribution < -0.4 is 0 Å². The van der Waals surface area contributed by atoms with E-state index in [0.29, 0.717) is 45.1 Å². The molecule has 0 bridgehead atoms. The second-order valence-electron chi connectivity index (χ2n) is 14.4. The fraction of sp³-hybridized carbons (Fsp3) is 0.875. The maximum atomic E-state index is 13.2. The highest BCUT2D eigenvalue weighted by Gasteiger charge is 2.52. The van der Waals surface area contributed by atoms with Crippen LogP contribution in [0.25, 0.3) is 0 Å². The highest BCUT2D eigenvalue weighted by molar-refractivity contribution is 6.85. The van der Waals surface area contributed by atoms with E-state index in [0.717, 1.165) is 12.8 Å². The normalized spacial score (nSPS) is 15.3. The second-order valence-corrected chi connectivity index (χ2v) is 26.6. The summed E-state index contributed by atoms with van der Waals surface area (Å²) in [6, 6.07) is 0. The van der Waals surface area contributed by atoms with Crippen LogP contribution in [0, 0.1) is 11.8 Å². The van der Waals surface area contributed by atoms with Gasteiger partial charge in [0, 0.05) is 12.2 Å². The quantitative estimate of drug-likeness (QED) is 0.106. The molecule has 0 rings (SSSR count). The maximum Gasteiger partial charge on any atom is 0.330 e. The van der Waals surface area contributed by atoms with Crippen LogP contribution in [0.2, 0.25) is 33.2 Å². The summed E-state index contributed by atoms with van der Waals surface area (Å²) in [5.41, 5.74) is 2.69. The average Bonchev–Trinajstić information content (AvgIpc) is 2.70. The van der Waals surface area contributed by atoms with Gasteiger partial charge >= 0.3 is 11.9 Å². The summed E-state index contributed by atoms with van der Waals surface area (Å²) < 4.78 is 12.5. The lowest BCUT2D eigenvalue weighted by Crippen LogP contribution is -2.57. The van der Waals surface area contributed by atoms with Crippen LogP contribution in [0.3, 0.4) is 0 Å². The van der Waals surface area contributed by atoms with Gasteiger partial charge in [-0.1, -0.05) is 111 Å². The first-order chi connectivity index (χ1) is 17.3. The molecule has 0 saturated heterocycles. The number of carbonyl (C=O) groups excluding carboxylic acids is 2. The first-order valence-electron chi connectivity index (χ1n) is 15.4. The van der Waals surface area contributed by atoms with Crippen LogP contribution in [0.15, 0.2) is 12.2 Å². The molecule has 4 nitrogen and oxygen atoms in total. The third-order valence-electron chi connectivity index (χ3n) is 9.36. The van der Waals surface area contributed by atoms with Crippen molar-refractivity contribution in [1.29, 1.82) is 0 Å². The minimum Gasteiger partial charge on any atom is -0.463 e. The Labute approximate surface area is 239 Å². The molecule has 0 radical (unpaired) electrons. The van der Waals surface area contributed by atoms with E-state index in [4.69, 9.17) is 9.47 Å². The van der Waals surface area contributed by atoms with Crippen molar-refractivity contribution in [3.63, 3.8) is 0 Å². The van der Waals surface area contributed by atoms with E-state index < -0.39 is 28.1 Å². The zero-order valence-corrected chi connectivity index (χ0v) is 30.0. The predicted molar refractivity (Wildman–Crippen MR) is 170 cm³/mol. The first kappa shape index (κ1) is 37.1. The van der Waals surface area contributed by atoms with Gasteiger partial charge in [0.05, 0.1) is 11.5 Å². The Morgan fingerprint density at radius 2 is 0.684 bits per heavy atom. The minimum atomic E-state index is -2.03. The predicted octanol–water partition coefficient (Wildman–Crippen LogP) is 9.89. The van der Waals surface area contributed by atoms with E-state index in [2.05, 4.69) is 111 Å². The topological polar surface area (TPSA) is 52.6 Å². The Balaban J connectivity index is 6.09. The summed E-state index contributed by atoms with van der Waals surface area (Å²) in [6.07, 6.45) is 4.33. The fourth-order valence-corrected chi connectivity index (χ4v) is 23.2. The average molecular weight is 569 g/mol. The second kappa shape index (κ2) is 15.8. The smallest absolute Gasteiger partial charge is 0.330 e. The van der Waals surface area contributed by atoms with Crippen molar-refractivity contribution in [2.24, 2.45) is 11.8 Å². The van der Waals surface area contributed by atoms with Crippen molar-refractivity contribution < 1.29 is 19.1 Å². The summed E-state index contributed by atoms with van der Waals surface area (Å²) in [5, 5.41) is 0. The van der Waals surface area contributed by atoms with Crippen LogP contribution in [0.5, 0.6) is 0 Å². The van der Waals surface area contributed by atoms with Crippen molar-refractivity contribution in [2.45, 2.75) is 168 Å². The highest BCUT2D eigenvalue weighted by Crippen LogP contribution is 2.47. The van der Waals surface area contributed by atoms with Gasteiger partial charge in [-0.2, -0.15) is 0 Å². The van der Waals surface area contributed by atoms with Gasteiger partial charge in [0.1, 0.15) is 16.1 Å². The molecule has 2 atom stereocenters. The van der Waals surface area contributed by atoms with Crippen molar-refractivity contribution in [3.05, 3.63) is 12.2 Å². The summed E-state index contributed by atoms with van der Waals surface area (Å²) in [5.74, 6) is -0.00969. The first-order valence-corrected chi connectivity index (χ1v) is 20.0. The van der Waals surface area contributed by atoms with Crippen molar-refractivity contribution in [1.82, 2.24) is 0 Å². The van der Waals surface area contributed by atoms with E-state index in [1.807, 2.05) is 0 Å². The largest absolute Gasteiger partial charge is 0.463 e. The van der Waals surface area contributed by atoms with Crippen LogP contribution in [0.4, 0.5) is 0 Å². The number of ether oxygens (including phenoxy) is 2. The van der Waals surface area contributed by atoms with Crippen molar-refractivity contribution in [2.75, 3.05) is 0 Å². The zero-order chi connectivity index (χ0) is 30.2. The van der Waals surface area contributed by atoms with Gasteiger partial charge < -0.3 is 9.47 Å². The lowest BCUT2D eigenvalue weighted by molar-refractivity contribution is -0.143. The molecular weight excluding hydrogens is 505 g/mol. The summed E-state index contributed by atoms with van der Waals surface area (Å²) >= 11 is 0. The Hall–Kier alpha value is -0.886. The van der Waals surface area contributed by atoms with Crippen LogP contribution in [-0.2, 0) is 19.1 Å². The fourth-order valence-electron chi connectivity index (χ4n) is 8.29. The molecule has 0 aliphatic heterocycles. The van der Waals surface area contributed by atoms with Gasteiger partial charge in [-0.15, -0.1) is 0 Å². The third kappa shape index (κ3) is 8.81. The maximum absolute atomic E-state index is 13.2. The third-order valence-corrected chi connectivity index (χ3v) is 24.3. The SMILES string of the molecule is CC(C)CC(OC(=O)/C=C\C(=O)OC(CC(C)C)[Si](C(C)C)(C(C)C)C(C)C)[Si](C(C)C)(C(C)C)C(C)C. The summed E-state index contributed by atoms with van der Waals surface area (Å²) in [7, 11) is -4.07. The lowest BCUT2D eigenvalue weighted by atomic mass is 10.1. The molecule has 6 heteroatoms. The van der Waals surface area contributed by atoms with Crippen LogP contribution in [0.1, 0.15) is 124 Å². The molecule has 2 unspecified atom stereocenters. The summed E-state index contributed by atoms with van der Waals surface area (Å²) in [4.78, 5) is 26.3. The Morgan fingerprint density at radius 1 is 0.474 bits per heavy atom. The highest BCUT2D eigenvalue weighted by atomic mass is 28.3. The Kier molecular flexibility index (Phi) is 15.4. The van der Waals surface area contributed by atoms with Gasteiger partial charge in [0.25, 0.3) is 0 Å². The van der Waals surface area contributed by atoms with E-state index in [1.54, 1.807) is 0 Å². The standard InChI is InChI=1S/C32H64O4Si2/c1-21(2)19-31(37(23(5)6,24(7)8)25(9)10)35-29(33)17-18-30(34)36-32(20-22(3)4)38(26(11)12,27(13)14)28(15)16/h17-18,21-28,31-32H,19-20H2,1-16H3/b18-17-. The molecule has 0 aliphatic carbocycles. The summed E-state index contributed by atoms with van der Waals surface area (Å²) in [6.45, 7) is 36.3. The number of hydrogen-bond acceptors (Lipinski definition) is 4. The molecule has 0 aromatic carbocycles. The number of esters is 2. The molecule has 0 aliphatic rings. The van der Waals surface area contributed by atoms with E-state index in [1.165, 1.54) is 12.2 Å². The molecule has 0 aromatic rings. The molecule has 0 aromatic heterocycles. The lowest BCUT2D eigenvalue weighted by Gasteiger charge is -2.48. The molecule has 0 heterocycles. The van der Waals surface area contributed by atoms with E-state index >= 15 is 0 Å². The van der Waals surface area contributed by atoms with Crippen molar-refractivity contribution >= 4 is 28.1 Å². The minimum absolute atomic E-state index is 0.0905. The van der Waals surface area contributed by atoms with Gasteiger partial charge in [0.15, 0.2) is 0 Å². The molecule has 0 fully saturated rings. The Bertz CT molecular complexity index is 645. The monoisotopic (exact) mass is 568 g/mol. The van der Waals surface area contributed by atoms with E-state index in [9.17, 15) is 9.59 Å². The number of carbonyl (C=O) groups is 2. The van der Waals surface area contributed by atoms with Gasteiger partial charge in [-0.05, 0) is 57.9 Å². The molecule has 224 valence electrons. The number of rotatable bonds is 16. The number of hydrogen-bond donors (Lipinski definition) is 0. The molecule has 0 amide bonds. The molecular formula is C32H64O4Si2. The molecule has 0 spiro atoms. The molecule has 0 N–H and O–H groups in total. The molecule has 38 heavy (non-hydrogen) atoms. The van der Waals surface area contributed by atoms with Crippen molar-refractivity contribution in [3.8, 4) is 0 Å². The zero-order valence-electron chi connectivity index (χ0n) is 28.0.